The molecular formula is C14H25N3. The minimum atomic E-state index is 0.808. The summed E-state index contributed by atoms with van der Waals surface area (Å²) in [7, 11) is 0. The zero-order chi connectivity index (χ0) is 11.2. The third kappa shape index (κ3) is 1.92. The van der Waals surface area contributed by atoms with E-state index in [0.717, 1.165) is 23.9 Å². The molecule has 0 aromatic rings. The molecule has 6 aliphatic heterocycles. The van der Waals surface area contributed by atoms with Gasteiger partial charge >= 0.3 is 0 Å². The summed E-state index contributed by atoms with van der Waals surface area (Å²) in [5.41, 5.74) is 0. The van der Waals surface area contributed by atoms with Crippen LogP contribution in [-0.4, -0.2) is 61.2 Å². The van der Waals surface area contributed by atoms with E-state index in [4.69, 9.17) is 0 Å². The third-order valence-electron chi connectivity index (χ3n) is 5.74. The summed E-state index contributed by atoms with van der Waals surface area (Å²) in [6, 6.07) is 1.62. The lowest BCUT2D eigenvalue weighted by molar-refractivity contribution is 0.0264. The Bertz CT molecular complexity index is 249. The van der Waals surface area contributed by atoms with Crippen molar-refractivity contribution in [1.82, 2.24) is 15.1 Å². The minimum absolute atomic E-state index is 0.808. The second-order valence-electron chi connectivity index (χ2n) is 6.66. The van der Waals surface area contributed by atoms with E-state index in [1.54, 1.807) is 0 Å². The predicted molar refractivity (Wildman–Crippen MR) is 69.0 cm³/mol. The van der Waals surface area contributed by atoms with Gasteiger partial charge in [-0.05, 0) is 63.7 Å². The summed E-state index contributed by atoms with van der Waals surface area (Å²) in [5.74, 6) is 1.96. The van der Waals surface area contributed by atoms with Gasteiger partial charge < -0.3 is 15.1 Å². The van der Waals surface area contributed by atoms with Crippen molar-refractivity contribution < 1.29 is 0 Å². The highest BCUT2D eigenvalue weighted by molar-refractivity contribution is 4.97. The first-order valence-corrected chi connectivity index (χ1v) is 7.59. The van der Waals surface area contributed by atoms with E-state index in [2.05, 4.69) is 15.1 Å². The van der Waals surface area contributed by atoms with Gasteiger partial charge in [-0.15, -0.1) is 0 Å². The number of hydrogen-bond donors (Lipinski definition) is 1. The maximum absolute atomic E-state index is 4.04. The lowest BCUT2D eigenvalue weighted by Crippen LogP contribution is -2.63. The van der Waals surface area contributed by atoms with Crippen molar-refractivity contribution in [3.63, 3.8) is 0 Å². The number of hydrogen-bond acceptors (Lipinski definition) is 3. The summed E-state index contributed by atoms with van der Waals surface area (Å²) in [6.45, 7) is 8.11. The first-order chi connectivity index (χ1) is 8.38. The molecule has 3 heteroatoms. The topological polar surface area (TPSA) is 18.5 Å². The zero-order valence-electron chi connectivity index (χ0n) is 10.8. The molecule has 17 heavy (non-hydrogen) atoms. The molecule has 6 fully saturated rings. The molecule has 96 valence electrons. The zero-order valence-corrected chi connectivity index (χ0v) is 10.8. The molecule has 0 aromatic heterocycles. The Hall–Kier alpha value is -0.120. The average Bonchev–Trinajstić information content (AvgIpc) is 2.41. The Morgan fingerprint density at radius 1 is 0.647 bits per heavy atom. The molecule has 6 heterocycles. The van der Waals surface area contributed by atoms with Gasteiger partial charge in [0.05, 0.1) is 0 Å². The summed E-state index contributed by atoms with van der Waals surface area (Å²) in [4.78, 5) is 5.33. The van der Waals surface area contributed by atoms with E-state index in [1.807, 2.05) is 0 Å². The quantitative estimate of drug-likeness (QED) is 0.762. The van der Waals surface area contributed by atoms with Crippen LogP contribution in [0.3, 0.4) is 0 Å². The van der Waals surface area contributed by atoms with Crippen LogP contribution in [0.25, 0.3) is 0 Å². The van der Waals surface area contributed by atoms with Crippen LogP contribution in [0, 0.1) is 11.8 Å². The third-order valence-corrected chi connectivity index (χ3v) is 5.74. The second-order valence-corrected chi connectivity index (χ2v) is 6.66. The first kappa shape index (κ1) is 10.8. The molecule has 3 nitrogen and oxygen atoms in total. The van der Waals surface area contributed by atoms with Gasteiger partial charge in [-0.25, -0.2) is 0 Å². The monoisotopic (exact) mass is 235 g/mol. The highest BCUT2D eigenvalue weighted by Crippen LogP contribution is 2.31. The summed E-state index contributed by atoms with van der Waals surface area (Å²) >= 11 is 0. The minimum Gasteiger partial charge on any atom is -0.308 e. The smallest absolute Gasteiger partial charge is 0.0227 e. The van der Waals surface area contributed by atoms with Gasteiger partial charge in [-0.1, -0.05) is 0 Å². The number of nitrogens with one attached hydrogen (secondary N) is 1. The van der Waals surface area contributed by atoms with Crippen LogP contribution < -0.4 is 5.32 Å². The number of piperidine rings is 6. The van der Waals surface area contributed by atoms with Crippen molar-refractivity contribution >= 4 is 0 Å². The van der Waals surface area contributed by atoms with E-state index in [0.29, 0.717) is 0 Å². The maximum atomic E-state index is 4.04. The van der Waals surface area contributed by atoms with Crippen LogP contribution in [0.5, 0.6) is 0 Å². The normalized spacial score (nSPS) is 52.9. The molecular weight excluding hydrogens is 210 g/mol. The molecule has 0 aliphatic carbocycles. The van der Waals surface area contributed by atoms with E-state index in [1.165, 1.54) is 65.0 Å². The molecule has 6 saturated heterocycles. The molecule has 0 amide bonds. The SMILES string of the molecule is C1CN2CCC1[C@@H](N[C@@H]1CN3CCC1CC3)C2. The van der Waals surface area contributed by atoms with Gasteiger partial charge in [0.25, 0.3) is 0 Å². The van der Waals surface area contributed by atoms with Gasteiger partial charge in [0.1, 0.15) is 0 Å². The van der Waals surface area contributed by atoms with E-state index >= 15 is 0 Å². The van der Waals surface area contributed by atoms with Gasteiger partial charge in [0.2, 0.25) is 0 Å². The van der Waals surface area contributed by atoms with Crippen LogP contribution in [0.4, 0.5) is 0 Å². The number of rotatable bonds is 2. The highest BCUT2D eigenvalue weighted by atomic mass is 15.2. The van der Waals surface area contributed by atoms with Crippen molar-refractivity contribution in [3.05, 3.63) is 0 Å². The van der Waals surface area contributed by atoms with Crippen LogP contribution in [0.1, 0.15) is 25.7 Å². The van der Waals surface area contributed by atoms with Crippen LogP contribution in [0.15, 0.2) is 0 Å². The van der Waals surface area contributed by atoms with Crippen molar-refractivity contribution in [1.29, 1.82) is 0 Å². The van der Waals surface area contributed by atoms with Gasteiger partial charge in [-0.3, -0.25) is 0 Å². The molecule has 4 bridgehead atoms. The number of fused-ring (bicyclic) bond motifs is 6. The molecule has 6 aliphatic rings. The Kier molecular flexibility index (Phi) is 2.67. The standard InChI is InChI=1S/C14H25N3/c1-5-16-6-2-11(1)13(9-16)15-14-10-17-7-3-12(14)4-8-17/h11-15H,1-10H2/t13-,14+. The molecule has 6 rings (SSSR count). The lowest BCUT2D eigenvalue weighted by Gasteiger charge is -2.50. The van der Waals surface area contributed by atoms with E-state index in [-0.39, 0.29) is 0 Å². The van der Waals surface area contributed by atoms with Crippen LogP contribution >= 0.6 is 0 Å². The average molecular weight is 235 g/mol. The summed E-state index contributed by atoms with van der Waals surface area (Å²) in [6.07, 6.45) is 5.77. The lowest BCUT2D eigenvalue weighted by atomic mass is 9.80. The second kappa shape index (κ2) is 4.22. The fourth-order valence-corrected chi connectivity index (χ4v) is 4.58. The van der Waals surface area contributed by atoms with Gasteiger partial charge in [-0.2, -0.15) is 0 Å². The Morgan fingerprint density at radius 2 is 1.06 bits per heavy atom. The highest BCUT2D eigenvalue weighted by Gasteiger charge is 2.39. The van der Waals surface area contributed by atoms with Crippen molar-refractivity contribution in [2.24, 2.45) is 11.8 Å². The maximum Gasteiger partial charge on any atom is 0.0227 e. The largest absolute Gasteiger partial charge is 0.308 e. The Morgan fingerprint density at radius 3 is 1.35 bits per heavy atom. The first-order valence-electron chi connectivity index (χ1n) is 7.59. The molecule has 0 saturated carbocycles. The van der Waals surface area contributed by atoms with Gasteiger partial charge in [0, 0.05) is 25.2 Å². The number of nitrogens with zero attached hydrogens (tertiary/aromatic N) is 2. The Balaban J connectivity index is 1.41. The molecule has 0 unspecified atom stereocenters. The van der Waals surface area contributed by atoms with Gasteiger partial charge in [0.15, 0.2) is 0 Å². The Labute approximate surface area is 105 Å². The molecule has 1 N–H and O–H groups in total. The van der Waals surface area contributed by atoms with Crippen LogP contribution in [0.2, 0.25) is 0 Å². The van der Waals surface area contributed by atoms with E-state index in [9.17, 15) is 0 Å². The van der Waals surface area contributed by atoms with Crippen LogP contribution in [-0.2, 0) is 0 Å². The summed E-state index contributed by atoms with van der Waals surface area (Å²) in [5, 5.41) is 4.04. The fourth-order valence-electron chi connectivity index (χ4n) is 4.58. The van der Waals surface area contributed by atoms with E-state index < -0.39 is 0 Å². The predicted octanol–water partition coefficient (Wildman–Crippen LogP) is 0.764. The fraction of sp³-hybridized carbons (Fsp3) is 1.00. The van der Waals surface area contributed by atoms with Crippen molar-refractivity contribution in [3.8, 4) is 0 Å². The molecule has 0 aromatic carbocycles. The van der Waals surface area contributed by atoms with Crippen molar-refractivity contribution in [2.45, 2.75) is 37.8 Å². The van der Waals surface area contributed by atoms with Crippen molar-refractivity contribution in [2.75, 3.05) is 39.3 Å². The summed E-state index contributed by atoms with van der Waals surface area (Å²) < 4.78 is 0. The molecule has 0 spiro atoms. The molecule has 0 radical (unpaired) electrons. The molecule has 2 atom stereocenters.